The molecule has 0 fully saturated rings. The van der Waals surface area contributed by atoms with Crippen molar-refractivity contribution < 1.29 is 13.2 Å². The Kier molecular flexibility index (Phi) is 7.48. The van der Waals surface area contributed by atoms with Crippen LogP contribution >= 0.6 is 22.9 Å². The van der Waals surface area contributed by atoms with Gasteiger partial charge in [0.05, 0.1) is 20.9 Å². The van der Waals surface area contributed by atoms with Crippen LogP contribution in [0.25, 0.3) is 16.6 Å². The number of amides is 2. The minimum Gasteiger partial charge on any atom is -0.370 e. The topological polar surface area (TPSA) is 133 Å². The molecule has 2 amide bonds. The average Bonchev–Trinajstić information content (AvgIpc) is 3.37. The van der Waals surface area contributed by atoms with Gasteiger partial charge in [-0.3, -0.25) is 4.79 Å². The Morgan fingerprint density at radius 3 is 2.40 bits per heavy atom. The monoisotopic (exact) mass is 595 g/mol. The van der Waals surface area contributed by atoms with Crippen LogP contribution in [-0.4, -0.2) is 31.0 Å². The molecule has 10 nitrogen and oxygen atoms in total. The molecule has 0 spiro atoms. The molecule has 3 aromatic carbocycles. The van der Waals surface area contributed by atoms with Crippen LogP contribution in [0.15, 0.2) is 98.7 Å². The van der Waals surface area contributed by atoms with Gasteiger partial charge in [0, 0.05) is 25.0 Å². The molecule has 5 rings (SSSR count). The van der Waals surface area contributed by atoms with Gasteiger partial charge in [-0.2, -0.15) is 0 Å². The van der Waals surface area contributed by atoms with Crippen LogP contribution in [0.4, 0.5) is 16.2 Å². The fourth-order valence-electron chi connectivity index (χ4n) is 4.09. The van der Waals surface area contributed by atoms with Gasteiger partial charge >= 0.3 is 11.7 Å². The molecule has 5 aromatic rings. The van der Waals surface area contributed by atoms with E-state index in [0.29, 0.717) is 17.4 Å². The minimum atomic E-state index is -4.09. The Morgan fingerprint density at radius 2 is 1.73 bits per heavy atom. The number of hydrogen-bond acceptors (Lipinski definition) is 7. The molecule has 0 atom stereocenters. The molecule has 40 heavy (non-hydrogen) atoms. The van der Waals surface area contributed by atoms with Crippen molar-refractivity contribution in [1.82, 2.24) is 14.3 Å². The summed E-state index contributed by atoms with van der Waals surface area (Å²) < 4.78 is 27.7. The number of carbonyl (C=O) groups is 1. The van der Waals surface area contributed by atoms with Crippen molar-refractivity contribution in [2.24, 2.45) is 0 Å². The van der Waals surface area contributed by atoms with E-state index in [1.54, 1.807) is 12.1 Å². The number of aromatic nitrogens is 2. The highest BCUT2D eigenvalue weighted by Gasteiger charge is 2.20. The predicted molar refractivity (Wildman–Crippen MR) is 157 cm³/mol. The number of fused-ring (bicyclic) bond motifs is 1. The molecular weight excluding hydrogens is 574 g/mol. The van der Waals surface area contributed by atoms with E-state index < -0.39 is 27.3 Å². The quantitative estimate of drug-likeness (QED) is 0.253. The third-order valence-electron chi connectivity index (χ3n) is 6.01. The van der Waals surface area contributed by atoms with Gasteiger partial charge in [-0.05, 0) is 60.2 Å². The van der Waals surface area contributed by atoms with Crippen molar-refractivity contribution in [2.75, 3.05) is 17.3 Å². The van der Waals surface area contributed by atoms with E-state index in [2.05, 4.69) is 10.3 Å². The first kappa shape index (κ1) is 27.2. The predicted octanol–water partition coefficient (Wildman–Crippen LogP) is 4.54. The van der Waals surface area contributed by atoms with Crippen LogP contribution in [0.3, 0.4) is 0 Å². The third-order valence-corrected chi connectivity index (χ3v) is 9.06. The van der Waals surface area contributed by atoms with Crippen molar-refractivity contribution in [2.45, 2.75) is 10.8 Å². The first-order valence-corrected chi connectivity index (χ1v) is 14.5. The summed E-state index contributed by atoms with van der Waals surface area (Å²) in [6.07, 6.45) is 0. The summed E-state index contributed by atoms with van der Waals surface area (Å²) in [6.45, 7) is 0.653. The van der Waals surface area contributed by atoms with Crippen molar-refractivity contribution in [3.05, 3.63) is 116 Å². The first-order chi connectivity index (χ1) is 19.1. The smallest absolute Gasteiger partial charge is 0.333 e. The Labute approximate surface area is 237 Å². The molecule has 2 aromatic heterocycles. The van der Waals surface area contributed by atoms with E-state index in [-0.39, 0.29) is 19.9 Å². The molecule has 0 aliphatic heterocycles. The van der Waals surface area contributed by atoms with Gasteiger partial charge in [-0.1, -0.05) is 41.9 Å². The summed E-state index contributed by atoms with van der Waals surface area (Å²) in [5.41, 5.74) is 1.75. The van der Waals surface area contributed by atoms with E-state index in [0.717, 1.165) is 27.2 Å². The van der Waals surface area contributed by atoms with Crippen molar-refractivity contribution >= 4 is 61.3 Å². The maximum Gasteiger partial charge on any atom is 0.333 e. The van der Waals surface area contributed by atoms with E-state index >= 15 is 0 Å². The first-order valence-electron chi connectivity index (χ1n) is 11.8. The van der Waals surface area contributed by atoms with Gasteiger partial charge in [0.25, 0.3) is 15.6 Å². The number of thiophene rings is 1. The molecule has 0 radical (unpaired) electrons. The summed E-state index contributed by atoms with van der Waals surface area (Å²) in [7, 11) is -2.16. The SMILES string of the molecule is CN(Cc1ccccc1)c1ccc2c(=O)n(-c3ccc(NC(=O)NS(=O)(=O)c4ccc(Cl)s4)cc3)c(=O)[nH]c2c1. The fraction of sp³-hybridized carbons (Fsp3) is 0.0741. The number of nitrogens with one attached hydrogen (secondary N) is 3. The number of rotatable bonds is 7. The lowest BCUT2D eigenvalue weighted by Gasteiger charge is -2.20. The van der Waals surface area contributed by atoms with Gasteiger partial charge in [-0.15, -0.1) is 11.3 Å². The number of benzene rings is 3. The molecule has 3 N–H and O–H groups in total. The van der Waals surface area contributed by atoms with Crippen LogP contribution < -0.4 is 26.2 Å². The highest BCUT2D eigenvalue weighted by molar-refractivity contribution is 7.92. The van der Waals surface area contributed by atoms with Crippen LogP contribution in [0.1, 0.15) is 5.56 Å². The number of carbonyl (C=O) groups excluding carboxylic acids is 1. The van der Waals surface area contributed by atoms with Gasteiger partial charge < -0.3 is 15.2 Å². The number of halogens is 1. The van der Waals surface area contributed by atoms with Crippen molar-refractivity contribution in [3.63, 3.8) is 0 Å². The second-order valence-electron chi connectivity index (χ2n) is 8.81. The van der Waals surface area contributed by atoms with Crippen molar-refractivity contribution in [1.29, 1.82) is 0 Å². The zero-order valence-corrected chi connectivity index (χ0v) is 23.3. The van der Waals surface area contributed by atoms with Crippen LogP contribution in [0.5, 0.6) is 0 Å². The number of aromatic amines is 1. The number of hydrogen-bond donors (Lipinski definition) is 3. The Hall–Kier alpha value is -4.39. The summed E-state index contributed by atoms with van der Waals surface area (Å²) in [4.78, 5) is 43.2. The summed E-state index contributed by atoms with van der Waals surface area (Å²) in [6, 6.07) is 22.7. The second kappa shape index (κ2) is 11.0. The molecule has 13 heteroatoms. The molecule has 204 valence electrons. The van der Waals surface area contributed by atoms with E-state index in [1.807, 2.05) is 53.1 Å². The summed E-state index contributed by atoms with van der Waals surface area (Å²) in [5.74, 6) is 0. The van der Waals surface area contributed by atoms with E-state index in [9.17, 15) is 22.8 Å². The fourth-order valence-corrected chi connectivity index (χ4v) is 6.48. The van der Waals surface area contributed by atoms with Gasteiger partial charge in [0.2, 0.25) is 0 Å². The molecule has 0 saturated heterocycles. The van der Waals surface area contributed by atoms with E-state index in [4.69, 9.17) is 11.6 Å². The lowest BCUT2D eigenvalue weighted by atomic mass is 10.1. The molecule has 0 unspecified atom stereocenters. The molecular formula is C27H22ClN5O5S2. The number of anilines is 2. The normalized spacial score (nSPS) is 11.3. The van der Waals surface area contributed by atoms with Crippen molar-refractivity contribution in [3.8, 4) is 5.69 Å². The Bertz CT molecular complexity index is 1930. The maximum atomic E-state index is 13.3. The lowest BCUT2D eigenvalue weighted by molar-refractivity contribution is 0.256. The van der Waals surface area contributed by atoms with Crippen LogP contribution in [0.2, 0.25) is 4.34 Å². The number of H-pyrrole nitrogens is 1. The second-order valence-corrected chi connectivity index (χ2v) is 12.4. The zero-order chi connectivity index (χ0) is 28.4. The lowest BCUT2D eigenvalue weighted by Crippen LogP contribution is -2.34. The number of nitrogens with zero attached hydrogens (tertiary/aromatic N) is 2. The Balaban J connectivity index is 1.34. The molecule has 0 aliphatic rings. The molecule has 2 heterocycles. The molecule has 0 saturated carbocycles. The maximum absolute atomic E-state index is 13.3. The van der Waals surface area contributed by atoms with Crippen LogP contribution in [0, 0.1) is 0 Å². The third kappa shape index (κ3) is 5.78. The highest BCUT2D eigenvalue weighted by atomic mass is 35.5. The average molecular weight is 596 g/mol. The number of urea groups is 1. The van der Waals surface area contributed by atoms with Crippen LogP contribution in [-0.2, 0) is 16.6 Å². The number of sulfonamides is 1. The Morgan fingerprint density at radius 1 is 1.00 bits per heavy atom. The highest BCUT2D eigenvalue weighted by Crippen LogP contribution is 2.25. The van der Waals surface area contributed by atoms with Gasteiger partial charge in [0.1, 0.15) is 4.21 Å². The largest absolute Gasteiger partial charge is 0.370 e. The molecule has 0 bridgehead atoms. The van der Waals surface area contributed by atoms with Gasteiger partial charge in [-0.25, -0.2) is 27.3 Å². The molecule has 0 aliphatic carbocycles. The zero-order valence-electron chi connectivity index (χ0n) is 20.9. The standard InChI is InChI=1S/C27H22ClN5O5S2/c1-32(16-17-5-3-2-4-6-17)20-11-12-21-22(15-20)30-27(36)33(25(21)34)19-9-7-18(8-10-19)29-26(35)31-40(37,38)24-14-13-23(28)39-24/h2-15H,16H2,1H3,(H,30,36)(H2,29,31,35). The van der Waals surface area contributed by atoms with E-state index in [1.165, 1.54) is 36.4 Å². The van der Waals surface area contributed by atoms with Gasteiger partial charge in [0.15, 0.2) is 0 Å². The summed E-state index contributed by atoms with van der Waals surface area (Å²) >= 11 is 6.59. The minimum absolute atomic E-state index is 0.104. The summed E-state index contributed by atoms with van der Waals surface area (Å²) in [5, 5.41) is 2.74.